The van der Waals surface area contributed by atoms with Crippen molar-refractivity contribution in [2.45, 2.75) is 6.54 Å². The first-order chi connectivity index (χ1) is 13.5. The van der Waals surface area contributed by atoms with Crippen molar-refractivity contribution in [3.05, 3.63) is 94.3 Å². The van der Waals surface area contributed by atoms with E-state index in [0.29, 0.717) is 22.8 Å². The first kappa shape index (κ1) is 19.1. The van der Waals surface area contributed by atoms with Gasteiger partial charge in [-0.2, -0.15) is 5.26 Å². The molecule has 0 unspecified atom stereocenters. The molecule has 0 fully saturated rings. The lowest BCUT2D eigenvalue weighted by atomic mass is 10.2. The summed E-state index contributed by atoms with van der Waals surface area (Å²) >= 11 is 5.84. The highest BCUT2D eigenvalue weighted by molar-refractivity contribution is 6.30. The van der Waals surface area contributed by atoms with E-state index < -0.39 is 5.91 Å². The molecule has 3 rings (SSSR count). The number of hydrogen-bond donors (Lipinski definition) is 2. The zero-order valence-electron chi connectivity index (χ0n) is 14.6. The number of nitrogens with zero attached hydrogens (tertiary/aromatic N) is 2. The Morgan fingerprint density at radius 3 is 2.21 bits per heavy atom. The van der Waals surface area contributed by atoms with Crippen LogP contribution in [-0.2, 0) is 6.54 Å². The second-order valence-corrected chi connectivity index (χ2v) is 6.30. The van der Waals surface area contributed by atoms with Gasteiger partial charge in [0, 0.05) is 17.3 Å². The van der Waals surface area contributed by atoms with Gasteiger partial charge in [0.25, 0.3) is 11.8 Å². The van der Waals surface area contributed by atoms with Crippen LogP contribution in [0.2, 0.25) is 5.02 Å². The molecule has 0 saturated carbocycles. The Balaban J connectivity index is 1.65. The first-order valence-corrected chi connectivity index (χ1v) is 8.74. The second-order valence-electron chi connectivity index (χ2n) is 5.86. The number of pyridine rings is 1. The van der Waals surface area contributed by atoms with E-state index in [0.717, 1.165) is 5.56 Å². The number of halogens is 1. The maximum Gasteiger partial charge on any atom is 0.274 e. The lowest BCUT2D eigenvalue weighted by Crippen LogP contribution is -2.25. The average Bonchev–Trinajstić information content (AvgIpc) is 2.73. The fourth-order valence-corrected chi connectivity index (χ4v) is 2.51. The van der Waals surface area contributed by atoms with Crippen molar-refractivity contribution >= 4 is 29.1 Å². The van der Waals surface area contributed by atoms with Crippen molar-refractivity contribution in [1.82, 2.24) is 10.3 Å². The van der Waals surface area contributed by atoms with Crippen LogP contribution in [0.3, 0.4) is 0 Å². The molecule has 0 radical (unpaired) electrons. The third-order valence-electron chi connectivity index (χ3n) is 3.85. The molecular formula is C21H15ClN4O2. The number of carbonyl (C=O) groups excluding carboxylic acids is 2. The van der Waals surface area contributed by atoms with Crippen molar-refractivity contribution in [3.63, 3.8) is 0 Å². The summed E-state index contributed by atoms with van der Waals surface area (Å²) in [6, 6.07) is 20.2. The van der Waals surface area contributed by atoms with Crippen LogP contribution >= 0.6 is 11.6 Å². The fraction of sp³-hybridized carbons (Fsp3) is 0.0476. The Bertz CT molecular complexity index is 1040. The smallest absolute Gasteiger partial charge is 0.274 e. The number of nitriles is 1. The predicted molar refractivity (Wildman–Crippen MR) is 106 cm³/mol. The summed E-state index contributed by atoms with van der Waals surface area (Å²) < 4.78 is 0. The Hall–Kier alpha value is -3.69. The van der Waals surface area contributed by atoms with Gasteiger partial charge in [-0.15, -0.1) is 0 Å². The Morgan fingerprint density at radius 2 is 1.57 bits per heavy atom. The van der Waals surface area contributed by atoms with E-state index >= 15 is 0 Å². The summed E-state index contributed by atoms with van der Waals surface area (Å²) in [4.78, 5) is 28.8. The first-order valence-electron chi connectivity index (χ1n) is 8.36. The number of anilines is 1. The summed E-state index contributed by atoms with van der Waals surface area (Å²) in [6.45, 7) is 0.319. The maximum atomic E-state index is 12.4. The third-order valence-corrected chi connectivity index (χ3v) is 4.10. The van der Waals surface area contributed by atoms with E-state index in [4.69, 9.17) is 16.9 Å². The molecule has 7 heteroatoms. The molecule has 0 atom stereocenters. The summed E-state index contributed by atoms with van der Waals surface area (Å²) in [7, 11) is 0. The minimum atomic E-state index is -0.447. The van der Waals surface area contributed by atoms with Crippen LogP contribution in [0.5, 0.6) is 0 Å². The number of hydrogen-bond acceptors (Lipinski definition) is 4. The van der Waals surface area contributed by atoms with Gasteiger partial charge in [0.2, 0.25) is 0 Å². The van der Waals surface area contributed by atoms with E-state index in [1.165, 1.54) is 12.1 Å². The molecule has 0 aliphatic rings. The van der Waals surface area contributed by atoms with Crippen LogP contribution < -0.4 is 10.6 Å². The van der Waals surface area contributed by atoms with Crippen LogP contribution in [0, 0.1) is 11.3 Å². The van der Waals surface area contributed by atoms with Gasteiger partial charge in [0.15, 0.2) is 0 Å². The second kappa shape index (κ2) is 8.80. The molecule has 6 nitrogen and oxygen atoms in total. The molecule has 28 heavy (non-hydrogen) atoms. The van der Waals surface area contributed by atoms with Crippen molar-refractivity contribution < 1.29 is 9.59 Å². The molecule has 1 aromatic heterocycles. The normalized spacial score (nSPS) is 10.0. The molecule has 138 valence electrons. The molecule has 3 aromatic rings. The van der Waals surface area contributed by atoms with E-state index in [1.54, 1.807) is 42.5 Å². The average molecular weight is 391 g/mol. The SMILES string of the molecule is N#Cc1ccc(NC(=O)c2cccc(C(=O)NCc3ccc(Cl)cc3)n2)cc1. The molecule has 0 aliphatic carbocycles. The molecule has 1 heterocycles. The number of aromatic nitrogens is 1. The van der Waals surface area contributed by atoms with Crippen LogP contribution in [0.25, 0.3) is 0 Å². The number of amides is 2. The fourth-order valence-electron chi connectivity index (χ4n) is 2.39. The van der Waals surface area contributed by atoms with Crippen molar-refractivity contribution in [1.29, 1.82) is 5.26 Å². The van der Waals surface area contributed by atoms with Gasteiger partial charge in [-0.25, -0.2) is 4.98 Å². The summed E-state index contributed by atoms with van der Waals surface area (Å²) in [5.41, 5.74) is 2.18. The van der Waals surface area contributed by atoms with Crippen molar-refractivity contribution in [3.8, 4) is 6.07 Å². The van der Waals surface area contributed by atoms with Gasteiger partial charge in [-0.3, -0.25) is 9.59 Å². The Labute approximate surface area is 166 Å². The largest absolute Gasteiger partial charge is 0.347 e. The van der Waals surface area contributed by atoms with Gasteiger partial charge >= 0.3 is 0 Å². The van der Waals surface area contributed by atoms with Crippen LogP contribution in [0.1, 0.15) is 32.1 Å². The number of rotatable bonds is 5. The van der Waals surface area contributed by atoms with Gasteiger partial charge in [0.05, 0.1) is 11.6 Å². The number of benzene rings is 2. The summed E-state index contributed by atoms with van der Waals surface area (Å²) in [6.07, 6.45) is 0. The van der Waals surface area contributed by atoms with Crippen LogP contribution in [0.4, 0.5) is 5.69 Å². The minimum Gasteiger partial charge on any atom is -0.347 e. The van der Waals surface area contributed by atoms with E-state index in [2.05, 4.69) is 15.6 Å². The molecule has 0 spiro atoms. The Kier molecular flexibility index (Phi) is 6.00. The zero-order valence-corrected chi connectivity index (χ0v) is 15.4. The van der Waals surface area contributed by atoms with Gasteiger partial charge < -0.3 is 10.6 Å². The highest BCUT2D eigenvalue weighted by Gasteiger charge is 2.12. The topological polar surface area (TPSA) is 94.9 Å². The van der Waals surface area contributed by atoms with Crippen molar-refractivity contribution in [2.24, 2.45) is 0 Å². The Morgan fingerprint density at radius 1 is 0.929 bits per heavy atom. The van der Waals surface area contributed by atoms with E-state index in [9.17, 15) is 9.59 Å². The van der Waals surface area contributed by atoms with E-state index in [1.807, 2.05) is 18.2 Å². The van der Waals surface area contributed by atoms with E-state index in [-0.39, 0.29) is 17.3 Å². The zero-order chi connectivity index (χ0) is 19.9. The highest BCUT2D eigenvalue weighted by atomic mass is 35.5. The molecule has 2 N–H and O–H groups in total. The molecule has 0 aliphatic heterocycles. The summed E-state index contributed by atoms with van der Waals surface area (Å²) in [5, 5.41) is 14.9. The van der Waals surface area contributed by atoms with Gasteiger partial charge in [-0.05, 0) is 54.1 Å². The van der Waals surface area contributed by atoms with Gasteiger partial charge in [0.1, 0.15) is 11.4 Å². The molecular weight excluding hydrogens is 376 g/mol. The summed E-state index contributed by atoms with van der Waals surface area (Å²) in [5.74, 6) is -0.833. The lowest BCUT2D eigenvalue weighted by molar-refractivity contribution is 0.0945. The number of carbonyl (C=O) groups is 2. The van der Waals surface area contributed by atoms with Crippen molar-refractivity contribution in [2.75, 3.05) is 5.32 Å². The van der Waals surface area contributed by atoms with Gasteiger partial charge in [-0.1, -0.05) is 29.8 Å². The predicted octanol–water partition coefficient (Wildman–Crippen LogP) is 3.79. The molecule has 2 aromatic carbocycles. The third kappa shape index (κ3) is 4.93. The molecule has 0 saturated heterocycles. The lowest BCUT2D eigenvalue weighted by Gasteiger charge is -2.08. The monoisotopic (exact) mass is 390 g/mol. The highest BCUT2D eigenvalue weighted by Crippen LogP contribution is 2.11. The maximum absolute atomic E-state index is 12.4. The number of nitrogens with one attached hydrogen (secondary N) is 2. The molecule has 0 bridgehead atoms. The quantitative estimate of drug-likeness (QED) is 0.692. The van der Waals surface area contributed by atoms with Crippen LogP contribution in [-0.4, -0.2) is 16.8 Å². The molecule has 2 amide bonds. The standard InChI is InChI=1S/C21H15ClN4O2/c22-16-8-4-15(5-9-16)13-24-20(27)18-2-1-3-19(26-18)21(28)25-17-10-6-14(12-23)7-11-17/h1-11H,13H2,(H,24,27)(H,25,28). The van der Waals surface area contributed by atoms with Crippen LogP contribution in [0.15, 0.2) is 66.7 Å². The minimum absolute atomic E-state index is 0.114.